The van der Waals surface area contributed by atoms with Gasteiger partial charge in [0.05, 0.1) is 6.17 Å². The van der Waals surface area contributed by atoms with Crippen LogP contribution >= 0.6 is 0 Å². The Morgan fingerprint density at radius 3 is 2.86 bits per heavy atom. The molecular formula is C7H9FN6. The smallest absolute Gasteiger partial charge is 0.292 e. The third-order valence-corrected chi connectivity index (χ3v) is 1.87. The fourth-order valence-electron chi connectivity index (χ4n) is 1.26. The Hall–Kier alpha value is -1.76. The van der Waals surface area contributed by atoms with Crippen molar-refractivity contribution in [2.45, 2.75) is 13.1 Å². The van der Waals surface area contributed by atoms with Crippen LogP contribution in [0.2, 0.25) is 0 Å². The maximum atomic E-state index is 13.3. The Kier molecular flexibility index (Phi) is 1.81. The number of nitrogens with zero attached hydrogens (tertiary/aromatic N) is 4. The van der Waals surface area contributed by atoms with Crippen molar-refractivity contribution in [2.24, 2.45) is 5.73 Å². The summed E-state index contributed by atoms with van der Waals surface area (Å²) in [6, 6.07) is 0. The normalized spacial score (nSPS) is 13.4. The van der Waals surface area contributed by atoms with Crippen LogP contribution in [0.25, 0.3) is 11.2 Å². The molecule has 2 aromatic rings. The molecule has 14 heavy (non-hydrogen) atoms. The first-order chi connectivity index (χ1) is 6.61. The Bertz CT molecular complexity index is 476. The molecule has 1 unspecified atom stereocenters. The van der Waals surface area contributed by atoms with Crippen molar-refractivity contribution in [3.05, 3.63) is 12.4 Å². The number of halogens is 1. The number of nitrogen functional groups attached to an aromatic ring is 1. The second-order valence-corrected chi connectivity index (χ2v) is 2.92. The van der Waals surface area contributed by atoms with E-state index in [4.69, 9.17) is 11.5 Å². The fraction of sp³-hybridized carbons (Fsp3) is 0.286. The molecule has 0 aliphatic carbocycles. The molecule has 0 saturated heterocycles. The quantitative estimate of drug-likeness (QED) is 0.627. The van der Waals surface area contributed by atoms with Crippen LogP contribution in [0.5, 0.6) is 0 Å². The Morgan fingerprint density at radius 2 is 2.21 bits per heavy atom. The first-order valence-corrected chi connectivity index (χ1v) is 4.00. The van der Waals surface area contributed by atoms with Crippen molar-refractivity contribution < 1.29 is 4.39 Å². The fourth-order valence-corrected chi connectivity index (χ4v) is 1.26. The predicted octanol–water partition coefficient (Wildman–Crippen LogP) is 0.0248. The van der Waals surface area contributed by atoms with Crippen LogP contribution in [0.4, 0.5) is 10.2 Å². The van der Waals surface area contributed by atoms with E-state index in [1.807, 2.05) is 0 Å². The lowest BCUT2D eigenvalue weighted by molar-refractivity contribution is 0.432. The van der Waals surface area contributed by atoms with Gasteiger partial charge in [0.1, 0.15) is 6.33 Å². The molecule has 1 atom stereocenters. The van der Waals surface area contributed by atoms with Gasteiger partial charge in [-0.1, -0.05) is 0 Å². The third kappa shape index (κ3) is 1.10. The highest BCUT2D eigenvalue weighted by atomic mass is 19.1. The number of anilines is 1. The van der Waals surface area contributed by atoms with Crippen molar-refractivity contribution in [3.8, 4) is 0 Å². The van der Waals surface area contributed by atoms with E-state index in [0.717, 1.165) is 4.57 Å². The zero-order chi connectivity index (χ0) is 10.3. The molecule has 4 N–H and O–H groups in total. The molecule has 2 rings (SSSR count). The van der Waals surface area contributed by atoms with E-state index in [-0.39, 0.29) is 11.3 Å². The van der Waals surface area contributed by atoms with E-state index in [2.05, 4.69) is 15.0 Å². The van der Waals surface area contributed by atoms with E-state index in [9.17, 15) is 4.39 Å². The van der Waals surface area contributed by atoms with Crippen molar-refractivity contribution in [1.29, 1.82) is 0 Å². The van der Waals surface area contributed by atoms with Crippen molar-refractivity contribution in [1.82, 2.24) is 19.5 Å². The van der Waals surface area contributed by atoms with Crippen LogP contribution in [0.3, 0.4) is 0 Å². The summed E-state index contributed by atoms with van der Waals surface area (Å²) in [5, 5.41) is 0. The third-order valence-electron chi connectivity index (χ3n) is 1.87. The molecule has 2 heterocycles. The summed E-state index contributed by atoms with van der Waals surface area (Å²) < 4.78 is 14.4. The maximum absolute atomic E-state index is 13.3. The minimum Gasteiger partial charge on any atom is -0.382 e. The number of hydrogen-bond acceptors (Lipinski definition) is 5. The summed E-state index contributed by atoms with van der Waals surface area (Å²) in [4.78, 5) is 11.2. The SMILES string of the molecule is CC(N)n1c(F)nc2c(N)ncnc21. The molecule has 2 aromatic heterocycles. The van der Waals surface area contributed by atoms with Gasteiger partial charge in [0.25, 0.3) is 6.08 Å². The summed E-state index contributed by atoms with van der Waals surface area (Å²) in [5.41, 5.74) is 11.6. The first-order valence-electron chi connectivity index (χ1n) is 4.00. The lowest BCUT2D eigenvalue weighted by Crippen LogP contribution is -2.16. The summed E-state index contributed by atoms with van der Waals surface area (Å²) in [6.07, 6.45) is -0.00556. The second kappa shape index (κ2) is 2.88. The molecule has 0 bridgehead atoms. The van der Waals surface area contributed by atoms with Crippen LogP contribution < -0.4 is 11.5 Å². The molecule has 0 radical (unpaired) electrons. The van der Waals surface area contributed by atoms with Gasteiger partial charge >= 0.3 is 0 Å². The molecule has 0 spiro atoms. The Morgan fingerprint density at radius 1 is 1.50 bits per heavy atom. The highest BCUT2D eigenvalue weighted by Crippen LogP contribution is 2.18. The summed E-state index contributed by atoms with van der Waals surface area (Å²) in [5.74, 6) is 0.147. The molecule has 0 aliphatic heterocycles. The largest absolute Gasteiger partial charge is 0.382 e. The number of fused-ring (bicyclic) bond motifs is 1. The molecule has 0 aliphatic rings. The molecule has 7 heteroatoms. The van der Waals surface area contributed by atoms with E-state index < -0.39 is 12.2 Å². The topological polar surface area (TPSA) is 95.6 Å². The summed E-state index contributed by atoms with van der Waals surface area (Å²) in [6.45, 7) is 1.63. The molecule has 6 nitrogen and oxygen atoms in total. The van der Waals surface area contributed by atoms with E-state index in [1.165, 1.54) is 6.33 Å². The van der Waals surface area contributed by atoms with Gasteiger partial charge in [0, 0.05) is 0 Å². The van der Waals surface area contributed by atoms with Gasteiger partial charge in [0.15, 0.2) is 17.0 Å². The van der Waals surface area contributed by atoms with Crippen LogP contribution in [-0.4, -0.2) is 19.5 Å². The number of nitrogens with two attached hydrogens (primary N) is 2. The standard InChI is InChI=1S/C7H9FN6/c1-3(9)14-6-4(13-7(14)8)5(10)11-2-12-6/h2-3H,9H2,1H3,(H2,10,11,12). The van der Waals surface area contributed by atoms with E-state index >= 15 is 0 Å². The molecular weight excluding hydrogens is 187 g/mol. The van der Waals surface area contributed by atoms with Crippen molar-refractivity contribution in [2.75, 3.05) is 5.73 Å². The molecule has 0 saturated carbocycles. The maximum Gasteiger partial charge on any atom is 0.292 e. The lowest BCUT2D eigenvalue weighted by atomic mass is 10.5. The minimum atomic E-state index is -0.706. The average Bonchev–Trinajstić information content (AvgIpc) is 2.42. The predicted molar refractivity (Wildman–Crippen MR) is 48.6 cm³/mol. The molecule has 74 valence electrons. The van der Waals surface area contributed by atoms with Crippen LogP contribution in [0.15, 0.2) is 6.33 Å². The average molecular weight is 196 g/mol. The van der Waals surface area contributed by atoms with Gasteiger partial charge < -0.3 is 11.5 Å². The number of hydrogen-bond donors (Lipinski definition) is 2. The zero-order valence-electron chi connectivity index (χ0n) is 7.48. The highest BCUT2D eigenvalue weighted by molar-refractivity contribution is 5.81. The number of aromatic nitrogens is 4. The molecule has 0 amide bonds. The summed E-state index contributed by atoms with van der Waals surface area (Å²) >= 11 is 0. The van der Waals surface area contributed by atoms with E-state index in [1.54, 1.807) is 6.92 Å². The van der Waals surface area contributed by atoms with Gasteiger partial charge in [-0.25, -0.2) is 9.97 Å². The lowest BCUT2D eigenvalue weighted by Gasteiger charge is -2.07. The summed E-state index contributed by atoms with van der Waals surface area (Å²) in [7, 11) is 0. The first kappa shape index (κ1) is 8.82. The van der Waals surface area contributed by atoms with Crippen LogP contribution in [-0.2, 0) is 0 Å². The Balaban J connectivity index is 2.83. The van der Waals surface area contributed by atoms with Crippen molar-refractivity contribution >= 4 is 17.0 Å². The minimum absolute atomic E-state index is 0.147. The Labute approximate surface area is 78.8 Å². The monoisotopic (exact) mass is 196 g/mol. The van der Waals surface area contributed by atoms with Gasteiger partial charge in [-0.3, -0.25) is 4.57 Å². The van der Waals surface area contributed by atoms with Gasteiger partial charge in [0.2, 0.25) is 0 Å². The second-order valence-electron chi connectivity index (χ2n) is 2.92. The molecule has 0 fully saturated rings. The van der Waals surface area contributed by atoms with E-state index in [0.29, 0.717) is 5.65 Å². The van der Waals surface area contributed by atoms with Crippen molar-refractivity contribution in [3.63, 3.8) is 0 Å². The number of rotatable bonds is 1. The van der Waals surface area contributed by atoms with Crippen LogP contribution in [0, 0.1) is 6.08 Å². The van der Waals surface area contributed by atoms with Gasteiger partial charge in [-0.15, -0.1) is 0 Å². The zero-order valence-corrected chi connectivity index (χ0v) is 7.48. The molecule has 0 aromatic carbocycles. The highest BCUT2D eigenvalue weighted by Gasteiger charge is 2.16. The van der Waals surface area contributed by atoms with Gasteiger partial charge in [-0.2, -0.15) is 9.37 Å². The number of imidazole rings is 1. The van der Waals surface area contributed by atoms with Crippen LogP contribution in [0.1, 0.15) is 13.1 Å². The van der Waals surface area contributed by atoms with Gasteiger partial charge in [-0.05, 0) is 6.92 Å².